The number of nitrogens with two attached hydrogens (primary N) is 1. The summed E-state index contributed by atoms with van der Waals surface area (Å²) in [7, 11) is 0. The van der Waals surface area contributed by atoms with E-state index in [-0.39, 0.29) is 5.69 Å². The maximum absolute atomic E-state index is 13.0. The van der Waals surface area contributed by atoms with Gasteiger partial charge in [-0.05, 0) is 19.1 Å². The SMILES string of the molecule is Cc1ccc(CNc2cc(F)c(F)cc2N)s1. The smallest absolute Gasteiger partial charge is 0.161 e. The zero-order valence-corrected chi connectivity index (χ0v) is 10.1. The van der Waals surface area contributed by atoms with Gasteiger partial charge < -0.3 is 11.1 Å². The van der Waals surface area contributed by atoms with Crippen LogP contribution < -0.4 is 11.1 Å². The average molecular weight is 254 g/mol. The van der Waals surface area contributed by atoms with Crippen molar-refractivity contribution in [2.24, 2.45) is 0 Å². The van der Waals surface area contributed by atoms with Crippen LogP contribution in [0, 0.1) is 18.6 Å². The van der Waals surface area contributed by atoms with E-state index in [2.05, 4.69) is 5.32 Å². The Labute approximate surface area is 102 Å². The third kappa shape index (κ3) is 2.74. The fourth-order valence-electron chi connectivity index (χ4n) is 1.48. The second kappa shape index (κ2) is 4.71. The second-order valence-corrected chi connectivity index (χ2v) is 5.09. The second-order valence-electron chi connectivity index (χ2n) is 3.72. The molecule has 0 amide bonds. The normalized spacial score (nSPS) is 10.5. The third-order valence-corrected chi connectivity index (χ3v) is 3.34. The van der Waals surface area contributed by atoms with Gasteiger partial charge in [0.15, 0.2) is 11.6 Å². The lowest BCUT2D eigenvalue weighted by atomic mass is 10.2. The number of halogens is 2. The Hall–Kier alpha value is -1.62. The van der Waals surface area contributed by atoms with Gasteiger partial charge in [0.1, 0.15) is 0 Å². The van der Waals surface area contributed by atoms with Gasteiger partial charge in [0.25, 0.3) is 0 Å². The Kier molecular flexibility index (Phi) is 3.28. The van der Waals surface area contributed by atoms with Crippen LogP contribution in [-0.4, -0.2) is 0 Å². The van der Waals surface area contributed by atoms with Crippen LogP contribution in [0.15, 0.2) is 24.3 Å². The summed E-state index contributed by atoms with van der Waals surface area (Å²) < 4.78 is 25.9. The summed E-state index contributed by atoms with van der Waals surface area (Å²) in [6.07, 6.45) is 0. The standard InChI is InChI=1S/C12H12F2N2S/c1-7-2-3-8(17-7)6-16-12-5-10(14)9(13)4-11(12)15/h2-5,16H,6,15H2,1H3. The largest absolute Gasteiger partial charge is 0.397 e. The number of anilines is 2. The Morgan fingerprint density at radius 3 is 2.59 bits per heavy atom. The summed E-state index contributed by atoms with van der Waals surface area (Å²) in [5.74, 6) is -1.83. The molecule has 0 radical (unpaired) electrons. The minimum absolute atomic E-state index is 0.206. The minimum atomic E-state index is -0.931. The van der Waals surface area contributed by atoms with Crippen molar-refractivity contribution in [3.05, 3.63) is 45.7 Å². The van der Waals surface area contributed by atoms with E-state index in [4.69, 9.17) is 5.73 Å². The first-order valence-corrected chi connectivity index (χ1v) is 5.91. The predicted molar refractivity (Wildman–Crippen MR) is 67.2 cm³/mol. The highest BCUT2D eigenvalue weighted by molar-refractivity contribution is 7.11. The lowest BCUT2D eigenvalue weighted by molar-refractivity contribution is 0.509. The molecule has 1 aromatic heterocycles. The van der Waals surface area contributed by atoms with Gasteiger partial charge >= 0.3 is 0 Å². The third-order valence-electron chi connectivity index (χ3n) is 2.34. The molecule has 17 heavy (non-hydrogen) atoms. The van der Waals surface area contributed by atoms with Crippen molar-refractivity contribution in [3.8, 4) is 0 Å². The van der Waals surface area contributed by atoms with Gasteiger partial charge in [-0.2, -0.15) is 0 Å². The van der Waals surface area contributed by atoms with E-state index in [1.54, 1.807) is 11.3 Å². The van der Waals surface area contributed by atoms with E-state index in [1.807, 2.05) is 19.1 Å². The Morgan fingerprint density at radius 1 is 1.24 bits per heavy atom. The van der Waals surface area contributed by atoms with E-state index in [1.165, 1.54) is 4.88 Å². The van der Waals surface area contributed by atoms with E-state index in [9.17, 15) is 8.78 Å². The summed E-state index contributed by atoms with van der Waals surface area (Å²) in [5, 5.41) is 2.99. The molecule has 0 bridgehead atoms. The van der Waals surface area contributed by atoms with Crippen LogP contribution in [0.25, 0.3) is 0 Å². The molecule has 2 nitrogen and oxygen atoms in total. The van der Waals surface area contributed by atoms with Gasteiger partial charge in [-0.3, -0.25) is 0 Å². The zero-order valence-electron chi connectivity index (χ0n) is 9.26. The van der Waals surface area contributed by atoms with Crippen molar-refractivity contribution in [1.82, 2.24) is 0 Å². The van der Waals surface area contributed by atoms with Crippen LogP contribution in [0.1, 0.15) is 9.75 Å². The molecule has 1 aromatic carbocycles. The number of nitrogen functional groups attached to an aromatic ring is 1. The molecular formula is C12H12F2N2S. The van der Waals surface area contributed by atoms with Crippen LogP contribution >= 0.6 is 11.3 Å². The number of nitrogens with one attached hydrogen (secondary N) is 1. The van der Waals surface area contributed by atoms with Crippen LogP contribution in [0.3, 0.4) is 0 Å². The lowest BCUT2D eigenvalue weighted by Gasteiger charge is -2.08. The van der Waals surface area contributed by atoms with Gasteiger partial charge in [-0.1, -0.05) is 0 Å². The molecule has 0 aliphatic rings. The molecule has 0 aliphatic carbocycles. The molecule has 0 aliphatic heterocycles. The lowest BCUT2D eigenvalue weighted by Crippen LogP contribution is -2.03. The van der Waals surface area contributed by atoms with Crippen molar-refractivity contribution < 1.29 is 8.78 Å². The number of thiophene rings is 1. The number of hydrogen-bond acceptors (Lipinski definition) is 3. The van der Waals surface area contributed by atoms with Crippen molar-refractivity contribution >= 4 is 22.7 Å². The van der Waals surface area contributed by atoms with Crippen molar-refractivity contribution in [2.45, 2.75) is 13.5 Å². The molecule has 0 fully saturated rings. The topological polar surface area (TPSA) is 38.0 Å². The van der Waals surface area contributed by atoms with Gasteiger partial charge in [0, 0.05) is 28.4 Å². The summed E-state index contributed by atoms with van der Waals surface area (Å²) in [4.78, 5) is 2.33. The van der Waals surface area contributed by atoms with E-state index in [0.717, 1.165) is 17.0 Å². The molecule has 90 valence electrons. The number of hydrogen-bond donors (Lipinski definition) is 2. The molecular weight excluding hydrogens is 242 g/mol. The predicted octanol–water partition coefficient (Wildman–Crippen LogP) is 3.53. The van der Waals surface area contributed by atoms with Gasteiger partial charge in [0.05, 0.1) is 11.4 Å². The fraction of sp³-hybridized carbons (Fsp3) is 0.167. The molecule has 0 saturated carbocycles. The zero-order chi connectivity index (χ0) is 12.4. The van der Waals surface area contributed by atoms with E-state index >= 15 is 0 Å². The van der Waals surface area contributed by atoms with Gasteiger partial charge in [-0.15, -0.1) is 11.3 Å². The monoisotopic (exact) mass is 254 g/mol. The Balaban J connectivity index is 2.11. The molecule has 0 saturated heterocycles. The van der Waals surface area contributed by atoms with Crippen LogP contribution in [0.2, 0.25) is 0 Å². The Morgan fingerprint density at radius 2 is 1.94 bits per heavy atom. The van der Waals surface area contributed by atoms with E-state index in [0.29, 0.717) is 12.2 Å². The van der Waals surface area contributed by atoms with Crippen molar-refractivity contribution in [1.29, 1.82) is 0 Å². The molecule has 2 rings (SSSR count). The Bertz CT molecular complexity index is 537. The van der Waals surface area contributed by atoms with Crippen molar-refractivity contribution in [3.63, 3.8) is 0 Å². The minimum Gasteiger partial charge on any atom is -0.397 e. The highest BCUT2D eigenvalue weighted by Gasteiger charge is 2.07. The molecule has 0 unspecified atom stereocenters. The number of aryl methyl sites for hydroxylation is 1. The molecule has 2 aromatic rings. The van der Waals surface area contributed by atoms with Gasteiger partial charge in [-0.25, -0.2) is 8.78 Å². The summed E-state index contributed by atoms with van der Waals surface area (Å²) in [6, 6.07) is 6.06. The molecule has 0 atom stereocenters. The quantitative estimate of drug-likeness (QED) is 0.822. The fourth-order valence-corrected chi connectivity index (χ4v) is 2.31. The maximum Gasteiger partial charge on any atom is 0.161 e. The summed E-state index contributed by atoms with van der Waals surface area (Å²) in [5.41, 5.74) is 6.21. The van der Waals surface area contributed by atoms with Gasteiger partial charge in [0.2, 0.25) is 0 Å². The summed E-state index contributed by atoms with van der Waals surface area (Å²) >= 11 is 1.65. The molecule has 1 heterocycles. The highest BCUT2D eigenvalue weighted by atomic mass is 32.1. The van der Waals surface area contributed by atoms with Crippen LogP contribution in [0.5, 0.6) is 0 Å². The number of rotatable bonds is 3. The average Bonchev–Trinajstić information content (AvgIpc) is 2.68. The molecule has 5 heteroatoms. The first-order chi connectivity index (χ1) is 8.06. The van der Waals surface area contributed by atoms with Crippen molar-refractivity contribution in [2.75, 3.05) is 11.1 Å². The first kappa shape index (κ1) is 11.9. The maximum atomic E-state index is 13.0. The van der Waals surface area contributed by atoms with Crippen LogP contribution in [0.4, 0.5) is 20.2 Å². The summed E-state index contributed by atoms with van der Waals surface area (Å²) in [6.45, 7) is 2.56. The number of benzene rings is 1. The molecule has 0 spiro atoms. The highest BCUT2D eigenvalue weighted by Crippen LogP contribution is 2.24. The van der Waals surface area contributed by atoms with Crippen LogP contribution in [-0.2, 0) is 6.54 Å². The molecule has 3 N–H and O–H groups in total. The first-order valence-electron chi connectivity index (χ1n) is 5.10. The van der Waals surface area contributed by atoms with E-state index < -0.39 is 11.6 Å².